The van der Waals surface area contributed by atoms with Crippen molar-refractivity contribution in [3.05, 3.63) is 40.1 Å². The highest BCUT2D eigenvalue weighted by Crippen LogP contribution is 2.29. The van der Waals surface area contributed by atoms with Crippen molar-refractivity contribution in [3.63, 3.8) is 0 Å². The van der Waals surface area contributed by atoms with Gasteiger partial charge < -0.3 is 5.32 Å². The van der Waals surface area contributed by atoms with Gasteiger partial charge in [0.2, 0.25) is 0 Å². The summed E-state index contributed by atoms with van der Waals surface area (Å²) in [7, 11) is 1.92. The van der Waals surface area contributed by atoms with Crippen molar-refractivity contribution in [2.45, 2.75) is 32.9 Å². The molecule has 19 heavy (non-hydrogen) atoms. The molecule has 0 amide bonds. The van der Waals surface area contributed by atoms with Gasteiger partial charge in [0.25, 0.3) is 0 Å². The zero-order chi connectivity index (χ0) is 14.0. The highest BCUT2D eigenvalue weighted by molar-refractivity contribution is 9.10. The van der Waals surface area contributed by atoms with Gasteiger partial charge in [0.1, 0.15) is 5.82 Å². The van der Waals surface area contributed by atoms with Crippen LogP contribution in [0.4, 0.5) is 0 Å². The topological polar surface area (TPSA) is 55.6 Å². The Morgan fingerprint density at radius 3 is 2.68 bits per heavy atom. The van der Waals surface area contributed by atoms with Crippen LogP contribution in [-0.2, 0) is 0 Å². The van der Waals surface area contributed by atoms with Gasteiger partial charge in [-0.25, -0.2) is 9.97 Å². The third-order valence-electron chi connectivity index (χ3n) is 2.93. The van der Waals surface area contributed by atoms with Gasteiger partial charge in [-0.1, -0.05) is 0 Å². The second kappa shape index (κ2) is 5.79. The monoisotopic (exact) mass is 323 g/mol. The molecule has 0 fully saturated rings. The van der Waals surface area contributed by atoms with E-state index in [1.807, 2.05) is 30.9 Å². The van der Waals surface area contributed by atoms with Gasteiger partial charge in [-0.2, -0.15) is 5.10 Å². The maximum Gasteiger partial charge on any atom is 0.125 e. The van der Waals surface area contributed by atoms with Gasteiger partial charge in [-0.05, 0) is 49.8 Å². The zero-order valence-corrected chi connectivity index (χ0v) is 13.1. The third kappa shape index (κ3) is 2.84. The van der Waals surface area contributed by atoms with E-state index in [0.717, 1.165) is 21.7 Å². The molecule has 0 radical (unpaired) electrons. The van der Waals surface area contributed by atoms with Gasteiger partial charge in [0, 0.05) is 12.2 Å². The van der Waals surface area contributed by atoms with Crippen LogP contribution in [0.25, 0.3) is 0 Å². The first kappa shape index (κ1) is 14.1. The molecule has 0 bridgehead atoms. The van der Waals surface area contributed by atoms with Gasteiger partial charge in [0.15, 0.2) is 0 Å². The first-order chi connectivity index (χ1) is 9.04. The van der Waals surface area contributed by atoms with Crippen LogP contribution in [-0.4, -0.2) is 26.8 Å². The summed E-state index contributed by atoms with van der Waals surface area (Å²) in [6, 6.07) is 2.21. The van der Waals surface area contributed by atoms with Crippen molar-refractivity contribution in [2.24, 2.45) is 0 Å². The van der Waals surface area contributed by atoms with Crippen molar-refractivity contribution in [1.82, 2.24) is 25.1 Å². The van der Waals surface area contributed by atoms with Crippen molar-refractivity contribution in [2.75, 3.05) is 7.05 Å². The third-order valence-corrected chi connectivity index (χ3v) is 3.54. The van der Waals surface area contributed by atoms with Gasteiger partial charge in [0.05, 0.1) is 28.1 Å². The molecule has 2 aromatic heterocycles. The standard InChI is InChI=1S/C13H18BrN5/c1-8(2)19-13(10(14)7-17-19)12(15-4)11-5-6-16-9(3)18-11/h5-8,12,15H,1-4H3. The predicted molar refractivity (Wildman–Crippen MR) is 78.0 cm³/mol. The molecule has 0 saturated heterocycles. The van der Waals surface area contributed by atoms with E-state index in [9.17, 15) is 0 Å². The van der Waals surface area contributed by atoms with Crippen molar-refractivity contribution >= 4 is 15.9 Å². The van der Waals surface area contributed by atoms with Crippen LogP contribution in [0.15, 0.2) is 22.9 Å². The molecule has 5 nitrogen and oxygen atoms in total. The Balaban J connectivity index is 2.51. The molecule has 0 aromatic carbocycles. The van der Waals surface area contributed by atoms with E-state index >= 15 is 0 Å². The SMILES string of the molecule is CNC(c1ccnc(C)n1)c1c(Br)cnn1C(C)C. The van der Waals surface area contributed by atoms with Gasteiger partial charge in [-0.3, -0.25) is 4.68 Å². The zero-order valence-electron chi connectivity index (χ0n) is 11.6. The van der Waals surface area contributed by atoms with Crippen LogP contribution in [0.1, 0.15) is 43.1 Å². The summed E-state index contributed by atoms with van der Waals surface area (Å²) in [6.45, 7) is 6.12. The summed E-state index contributed by atoms with van der Waals surface area (Å²) in [5, 5.41) is 7.72. The number of nitrogens with zero attached hydrogens (tertiary/aromatic N) is 4. The minimum Gasteiger partial charge on any atom is -0.307 e. The summed E-state index contributed by atoms with van der Waals surface area (Å²) >= 11 is 3.58. The summed E-state index contributed by atoms with van der Waals surface area (Å²) in [6.07, 6.45) is 3.61. The quantitative estimate of drug-likeness (QED) is 0.939. The van der Waals surface area contributed by atoms with E-state index in [2.05, 4.69) is 50.2 Å². The second-order valence-corrected chi connectivity index (χ2v) is 5.52. The molecule has 2 rings (SSSR count). The predicted octanol–water partition coefficient (Wildman–Crippen LogP) is 2.63. The van der Waals surface area contributed by atoms with Crippen LogP contribution < -0.4 is 5.32 Å². The molecular formula is C13H18BrN5. The molecule has 0 spiro atoms. The number of hydrogen-bond acceptors (Lipinski definition) is 4. The molecule has 0 aliphatic rings. The van der Waals surface area contributed by atoms with E-state index < -0.39 is 0 Å². The van der Waals surface area contributed by atoms with E-state index in [4.69, 9.17) is 0 Å². The second-order valence-electron chi connectivity index (χ2n) is 4.67. The minimum atomic E-state index is -0.0130. The first-order valence-corrected chi connectivity index (χ1v) is 7.03. The minimum absolute atomic E-state index is 0.0130. The van der Waals surface area contributed by atoms with Gasteiger partial charge in [-0.15, -0.1) is 0 Å². The molecule has 0 aliphatic heterocycles. The number of halogens is 1. The average Bonchev–Trinajstić information content (AvgIpc) is 2.73. The van der Waals surface area contributed by atoms with E-state index in [1.165, 1.54) is 0 Å². The van der Waals surface area contributed by atoms with E-state index in [0.29, 0.717) is 6.04 Å². The molecule has 1 atom stereocenters. The van der Waals surface area contributed by atoms with Crippen molar-refractivity contribution in [3.8, 4) is 0 Å². The highest BCUT2D eigenvalue weighted by Gasteiger charge is 2.22. The summed E-state index contributed by atoms with van der Waals surface area (Å²) in [5.41, 5.74) is 2.02. The first-order valence-electron chi connectivity index (χ1n) is 6.24. The molecule has 1 unspecified atom stereocenters. The lowest BCUT2D eigenvalue weighted by Gasteiger charge is -2.20. The van der Waals surface area contributed by atoms with Gasteiger partial charge >= 0.3 is 0 Å². The maximum atomic E-state index is 4.51. The molecule has 1 N–H and O–H groups in total. The fraction of sp³-hybridized carbons (Fsp3) is 0.462. The molecular weight excluding hydrogens is 306 g/mol. The normalized spacial score (nSPS) is 12.9. The molecule has 102 valence electrons. The molecule has 2 aromatic rings. The molecule has 0 saturated carbocycles. The number of rotatable bonds is 4. The van der Waals surface area contributed by atoms with Crippen LogP contribution in [0.2, 0.25) is 0 Å². The molecule has 2 heterocycles. The Hall–Kier alpha value is -1.27. The lowest BCUT2D eigenvalue weighted by molar-refractivity contribution is 0.479. The van der Waals surface area contributed by atoms with Crippen LogP contribution in [0, 0.1) is 6.92 Å². The fourth-order valence-electron chi connectivity index (χ4n) is 2.09. The summed E-state index contributed by atoms with van der Waals surface area (Å²) in [5.74, 6) is 0.768. The Labute approximate surface area is 121 Å². The number of aryl methyl sites for hydroxylation is 1. The van der Waals surface area contributed by atoms with E-state index in [-0.39, 0.29) is 6.04 Å². The number of aromatic nitrogens is 4. The van der Waals surface area contributed by atoms with E-state index in [1.54, 1.807) is 6.20 Å². The lowest BCUT2D eigenvalue weighted by Crippen LogP contribution is -2.24. The van der Waals surface area contributed by atoms with Crippen molar-refractivity contribution < 1.29 is 0 Å². The average molecular weight is 324 g/mol. The van der Waals surface area contributed by atoms with Crippen LogP contribution in [0.5, 0.6) is 0 Å². The smallest absolute Gasteiger partial charge is 0.125 e. The molecule has 6 heteroatoms. The Morgan fingerprint density at radius 2 is 2.11 bits per heavy atom. The van der Waals surface area contributed by atoms with Crippen molar-refractivity contribution in [1.29, 1.82) is 0 Å². The lowest BCUT2D eigenvalue weighted by atomic mass is 10.1. The Kier molecular flexibility index (Phi) is 4.31. The molecule has 0 aliphatic carbocycles. The maximum absolute atomic E-state index is 4.51. The number of nitrogens with one attached hydrogen (secondary N) is 1. The Morgan fingerprint density at radius 1 is 1.37 bits per heavy atom. The number of hydrogen-bond donors (Lipinski definition) is 1. The largest absolute Gasteiger partial charge is 0.307 e. The van der Waals surface area contributed by atoms with Crippen LogP contribution >= 0.6 is 15.9 Å². The summed E-state index contributed by atoms with van der Waals surface area (Å²) < 4.78 is 2.99. The summed E-state index contributed by atoms with van der Waals surface area (Å²) in [4.78, 5) is 8.65. The Bertz CT molecular complexity index is 564. The highest BCUT2D eigenvalue weighted by atomic mass is 79.9. The van der Waals surface area contributed by atoms with Crippen LogP contribution in [0.3, 0.4) is 0 Å². The fourth-order valence-corrected chi connectivity index (χ4v) is 2.59.